The molecule has 0 radical (unpaired) electrons. The molecule has 0 saturated carbocycles. The van der Waals surface area contributed by atoms with Gasteiger partial charge in [-0.1, -0.05) is 6.08 Å². The molecule has 0 aliphatic rings. The average molecular weight is 161 g/mol. The summed E-state index contributed by atoms with van der Waals surface area (Å²) in [5.41, 5.74) is 0. The van der Waals surface area contributed by atoms with E-state index in [2.05, 4.69) is 22.6 Å². The molecule has 0 spiro atoms. The quantitative estimate of drug-likeness (QED) is 0.342. The Morgan fingerprint density at radius 3 is 2.70 bits per heavy atom. The standard InChI is InChI=1S/C7H12N2.ClH/c1-3-5-6-9-7-8-4-2;/h3H,1,4-6H2,2H3;1H. The second-order valence-electron chi connectivity index (χ2n) is 1.53. The van der Waals surface area contributed by atoms with E-state index in [0.29, 0.717) is 0 Å². The van der Waals surface area contributed by atoms with Gasteiger partial charge in [-0.15, -0.1) is 19.0 Å². The van der Waals surface area contributed by atoms with Crippen molar-refractivity contribution in [1.82, 2.24) is 0 Å². The molecule has 0 aliphatic heterocycles. The number of aliphatic imine (C=N–C) groups is 2. The fourth-order valence-corrected chi connectivity index (χ4v) is 0.327. The maximum absolute atomic E-state index is 3.86. The van der Waals surface area contributed by atoms with Gasteiger partial charge in [0.05, 0.1) is 12.6 Å². The van der Waals surface area contributed by atoms with E-state index in [-0.39, 0.29) is 12.4 Å². The molecule has 58 valence electrons. The van der Waals surface area contributed by atoms with Gasteiger partial charge in [0, 0.05) is 6.54 Å². The highest BCUT2D eigenvalue weighted by Crippen LogP contribution is 1.77. The fraction of sp³-hybridized carbons (Fsp3) is 0.571. The maximum Gasteiger partial charge on any atom is 0.0892 e. The molecule has 0 fully saturated rings. The maximum atomic E-state index is 3.86. The first-order valence-corrected chi connectivity index (χ1v) is 3.10. The molecule has 0 aliphatic carbocycles. The molecule has 0 atom stereocenters. The van der Waals surface area contributed by atoms with E-state index in [1.54, 1.807) is 0 Å². The van der Waals surface area contributed by atoms with Crippen molar-refractivity contribution in [1.29, 1.82) is 0 Å². The number of halogens is 1. The third-order valence-electron chi connectivity index (χ3n) is 0.745. The van der Waals surface area contributed by atoms with E-state index >= 15 is 0 Å². The van der Waals surface area contributed by atoms with Crippen molar-refractivity contribution in [2.75, 3.05) is 13.1 Å². The lowest BCUT2D eigenvalue weighted by molar-refractivity contribution is 1.01. The Bertz CT molecular complexity index is 126. The summed E-state index contributed by atoms with van der Waals surface area (Å²) in [6, 6.07) is 2.57. The van der Waals surface area contributed by atoms with Crippen molar-refractivity contribution >= 4 is 18.4 Å². The molecule has 0 aromatic heterocycles. The van der Waals surface area contributed by atoms with E-state index < -0.39 is 0 Å². The molecule has 0 saturated heterocycles. The van der Waals surface area contributed by atoms with Gasteiger partial charge < -0.3 is 0 Å². The van der Waals surface area contributed by atoms with Crippen LogP contribution in [0.1, 0.15) is 13.3 Å². The summed E-state index contributed by atoms with van der Waals surface area (Å²) in [6.45, 7) is 7.03. The first kappa shape index (κ1) is 12.1. The van der Waals surface area contributed by atoms with Crippen LogP contribution in [0.2, 0.25) is 0 Å². The Morgan fingerprint density at radius 1 is 1.50 bits per heavy atom. The summed E-state index contributed by atoms with van der Waals surface area (Å²) in [7, 11) is 0. The second-order valence-corrected chi connectivity index (χ2v) is 1.53. The van der Waals surface area contributed by atoms with E-state index in [9.17, 15) is 0 Å². The highest BCUT2D eigenvalue weighted by atomic mass is 35.5. The molecule has 2 nitrogen and oxygen atoms in total. The zero-order valence-electron chi connectivity index (χ0n) is 6.21. The van der Waals surface area contributed by atoms with Gasteiger partial charge in [-0.05, 0) is 13.3 Å². The summed E-state index contributed by atoms with van der Waals surface area (Å²) in [6.07, 6.45) is 2.74. The zero-order chi connectivity index (χ0) is 6.95. The first-order valence-electron chi connectivity index (χ1n) is 3.10. The molecule has 0 unspecified atom stereocenters. The van der Waals surface area contributed by atoms with E-state index in [0.717, 1.165) is 19.5 Å². The van der Waals surface area contributed by atoms with Gasteiger partial charge in [-0.25, -0.2) is 9.98 Å². The third-order valence-corrected chi connectivity index (χ3v) is 0.745. The number of rotatable bonds is 4. The van der Waals surface area contributed by atoms with Crippen LogP contribution in [-0.2, 0) is 0 Å². The predicted molar refractivity (Wildman–Crippen MR) is 47.3 cm³/mol. The van der Waals surface area contributed by atoms with Gasteiger partial charge in [-0.2, -0.15) is 0 Å². The molecule has 0 aromatic rings. The van der Waals surface area contributed by atoms with Crippen LogP contribution in [-0.4, -0.2) is 19.1 Å². The van der Waals surface area contributed by atoms with Crippen molar-refractivity contribution < 1.29 is 0 Å². The van der Waals surface area contributed by atoms with Crippen molar-refractivity contribution in [2.24, 2.45) is 9.98 Å². The number of nitrogens with zero attached hydrogens (tertiary/aromatic N) is 2. The molecule has 0 aromatic carbocycles. The van der Waals surface area contributed by atoms with Crippen molar-refractivity contribution in [3.05, 3.63) is 12.7 Å². The Balaban J connectivity index is 0. The lowest BCUT2D eigenvalue weighted by atomic mass is 10.4. The summed E-state index contributed by atoms with van der Waals surface area (Å²) >= 11 is 0. The summed E-state index contributed by atoms with van der Waals surface area (Å²) < 4.78 is 0. The van der Waals surface area contributed by atoms with Crippen LogP contribution in [0.3, 0.4) is 0 Å². The third kappa shape index (κ3) is 10.4. The zero-order valence-corrected chi connectivity index (χ0v) is 7.02. The molecular weight excluding hydrogens is 148 g/mol. The summed E-state index contributed by atoms with van der Waals surface area (Å²) in [5.74, 6) is 0. The van der Waals surface area contributed by atoms with Crippen LogP contribution in [0.5, 0.6) is 0 Å². The lowest BCUT2D eigenvalue weighted by Crippen LogP contribution is -1.73. The Morgan fingerprint density at radius 2 is 2.20 bits per heavy atom. The van der Waals surface area contributed by atoms with Crippen molar-refractivity contribution in [3.8, 4) is 0 Å². The van der Waals surface area contributed by atoms with Gasteiger partial charge in [0.25, 0.3) is 0 Å². The molecule has 0 heterocycles. The lowest BCUT2D eigenvalue weighted by Gasteiger charge is -1.78. The summed E-state index contributed by atoms with van der Waals surface area (Å²) in [5, 5.41) is 0. The smallest absolute Gasteiger partial charge is 0.0892 e. The van der Waals surface area contributed by atoms with Gasteiger partial charge in [0.2, 0.25) is 0 Å². The monoisotopic (exact) mass is 160 g/mol. The molecule has 0 bridgehead atoms. The minimum Gasteiger partial charge on any atom is -0.226 e. The van der Waals surface area contributed by atoms with Gasteiger partial charge in [0.1, 0.15) is 0 Å². The van der Waals surface area contributed by atoms with E-state index in [1.165, 1.54) is 0 Å². The van der Waals surface area contributed by atoms with Gasteiger partial charge in [-0.3, -0.25) is 0 Å². The molecule has 0 rings (SSSR count). The second kappa shape index (κ2) is 11.2. The average Bonchev–Trinajstić information content (AvgIpc) is 1.89. The van der Waals surface area contributed by atoms with Crippen molar-refractivity contribution in [3.63, 3.8) is 0 Å². The van der Waals surface area contributed by atoms with E-state index in [4.69, 9.17) is 0 Å². The fourth-order valence-electron chi connectivity index (χ4n) is 0.327. The van der Waals surface area contributed by atoms with Gasteiger partial charge in [0.15, 0.2) is 0 Å². The topological polar surface area (TPSA) is 24.7 Å². The molecule has 10 heavy (non-hydrogen) atoms. The molecular formula is C7H13ClN2. The highest BCUT2D eigenvalue weighted by molar-refractivity contribution is 5.85. The van der Waals surface area contributed by atoms with Gasteiger partial charge >= 0.3 is 0 Å². The Kier molecular flexibility index (Phi) is 13.6. The molecule has 3 heteroatoms. The predicted octanol–water partition coefficient (Wildman–Crippen LogP) is 2.18. The molecule has 0 N–H and O–H groups in total. The Labute approximate surface area is 68.2 Å². The number of hydrogen-bond donors (Lipinski definition) is 0. The largest absolute Gasteiger partial charge is 0.226 e. The van der Waals surface area contributed by atoms with Crippen LogP contribution in [0.4, 0.5) is 0 Å². The summed E-state index contributed by atoms with van der Waals surface area (Å²) in [4.78, 5) is 7.66. The van der Waals surface area contributed by atoms with Crippen molar-refractivity contribution in [2.45, 2.75) is 13.3 Å². The Hall–Kier alpha value is -0.590. The van der Waals surface area contributed by atoms with Crippen LogP contribution >= 0.6 is 12.4 Å². The van der Waals surface area contributed by atoms with Crippen LogP contribution < -0.4 is 0 Å². The highest BCUT2D eigenvalue weighted by Gasteiger charge is 1.70. The van der Waals surface area contributed by atoms with E-state index in [1.807, 2.05) is 13.0 Å². The number of hydrogen-bond acceptors (Lipinski definition) is 2. The molecule has 0 amide bonds. The minimum atomic E-state index is 0. The SMILES string of the molecule is C=CCCN=C=NCC.Cl. The van der Waals surface area contributed by atoms with Crippen LogP contribution in [0.15, 0.2) is 22.6 Å². The van der Waals surface area contributed by atoms with Crippen LogP contribution in [0.25, 0.3) is 0 Å². The van der Waals surface area contributed by atoms with Crippen LogP contribution in [0, 0.1) is 0 Å². The normalized spacial score (nSPS) is 6.90. The minimum absolute atomic E-state index is 0. The first-order chi connectivity index (χ1) is 4.41.